The molecule has 7 nitrogen and oxygen atoms in total. The standard InChI is InChI=1S/C13H14N6O/c1-19-6-8(5-18-19)4-15-12-3-11-9(2-10(12)14)13(20)17-7-16-11/h2-3,5-7,15H,4,14H2,1H3,(H,16,17,20). The Morgan fingerprint density at radius 1 is 1.45 bits per heavy atom. The topological polar surface area (TPSA) is 102 Å². The van der Waals surface area contributed by atoms with E-state index in [1.54, 1.807) is 23.0 Å². The zero-order valence-corrected chi connectivity index (χ0v) is 10.9. The third kappa shape index (κ3) is 2.20. The van der Waals surface area contributed by atoms with Crippen LogP contribution in [0.4, 0.5) is 11.4 Å². The fourth-order valence-electron chi connectivity index (χ4n) is 2.05. The molecule has 102 valence electrons. The maximum atomic E-state index is 11.6. The molecule has 0 bridgehead atoms. The highest BCUT2D eigenvalue weighted by Crippen LogP contribution is 2.23. The summed E-state index contributed by atoms with van der Waals surface area (Å²) in [5.74, 6) is 0. The van der Waals surface area contributed by atoms with Crippen molar-refractivity contribution in [2.24, 2.45) is 7.05 Å². The molecule has 7 heteroatoms. The van der Waals surface area contributed by atoms with Gasteiger partial charge < -0.3 is 16.0 Å². The zero-order chi connectivity index (χ0) is 14.1. The summed E-state index contributed by atoms with van der Waals surface area (Å²) in [5, 5.41) is 7.81. The first-order valence-electron chi connectivity index (χ1n) is 6.12. The fourth-order valence-corrected chi connectivity index (χ4v) is 2.05. The highest BCUT2D eigenvalue weighted by molar-refractivity contribution is 5.88. The summed E-state index contributed by atoms with van der Waals surface area (Å²) in [6.07, 6.45) is 5.09. The second kappa shape index (κ2) is 4.69. The number of rotatable bonds is 3. The van der Waals surface area contributed by atoms with E-state index in [0.717, 1.165) is 11.3 Å². The zero-order valence-electron chi connectivity index (χ0n) is 10.9. The molecular weight excluding hydrogens is 256 g/mol. The Kier molecular flexibility index (Phi) is 2.86. The van der Waals surface area contributed by atoms with Crippen molar-refractivity contribution in [3.05, 3.63) is 46.8 Å². The molecule has 4 N–H and O–H groups in total. The van der Waals surface area contributed by atoms with Gasteiger partial charge in [-0.3, -0.25) is 9.48 Å². The van der Waals surface area contributed by atoms with Crippen LogP contribution in [-0.2, 0) is 13.6 Å². The quantitative estimate of drug-likeness (QED) is 0.612. The van der Waals surface area contributed by atoms with Crippen LogP contribution >= 0.6 is 0 Å². The van der Waals surface area contributed by atoms with Crippen molar-refractivity contribution in [2.45, 2.75) is 6.54 Å². The minimum atomic E-state index is -0.194. The van der Waals surface area contributed by atoms with Gasteiger partial charge in [0.05, 0.1) is 34.8 Å². The number of hydrogen-bond donors (Lipinski definition) is 3. The van der Waals surface area contributed by atoms with E-state index in [2.05, 4.69) is 20.4 Å². The number of benzene rings is 1. The molecule has 1 aromatic carbocycles. The molecule has 0 saturated carbocycles. The van der Waals surface area contributed by atoms with Crippen LogP contribution in [-0.4, -0.2) is 19.7 Å². The Morgan fingerprint density at radius 3 is 3.05 bits per heavy atom. The molecule has 0 radical (unpaired) electrons. The molecule has 0 spiro atoms. The van der Waals surface area contributed by atoms with E-state index in [1.165, 1.54) is 6.33 Å². The molecule has 0 atom stereocenters. The van der Waals surface area contributed by atoms with Crippen molar-refractivity contribution in [3.63, 3.8) is 0 Å². The Bertz CT molecular complexity index is 819. The normalized spacial score (nSPS) is 10.8. The number of aryl methyl sites for hydroxylation is 1. The van der Waals surface area contributed by atoms with E-state index in [-0.39, 0.29) is 5.56 Å². The molecule has 0 fully saturated rings. The number of hydrogen-bond acceptors (Lipinski definition) is 5. The predicted molar refractivity (Wildman–Crippen MR) is 77.3 cm³/mol. The lowest BCUT2D eigenvalue weighted by Crippen LogP contribution is -2.08. The number of nitrogen functional groups attached to an aromatic ring is 1. The number of aromatic nitrogens is 4. The van der Waals surface area contributed by atoms with E-state index >= 15 is 0 Å². The first kappa shape index (κ1) is 12.2. The average molecular weight is 270 g/mol. The van der Waals surface area contributed by atoms with Crippen LogP contribution in [0, 0.1) is 0 Å². The fraction of sp³-hybridized carbons (Fsp3) is 0.154. The third-order valence-electron chi connectivity index (χ3n) is 3.05. The van der Waals surface area contributed by atoms with Crippen molar-refractivity contribution >= 4 is 22.3 Å². The van der Waals surface area contributed by atoms with Gasteiger partial charge in [-0.1, -0.05) is 0 Å². The molecule has 0 saturated heterocycles. The van der Waals surface area contributed by atoms with Crippen LogP contribution in [0.15, 0.2) is 35.6 Å². The lowest BCUT2D eigenvalue weighted by atomic mass is 10.2. The first-order valence-corrected chi connectivity index (χ1v) is 6.12. The Balaban J connectivity index is 1.91. The second-order valence-corrected chi connectivity index (χ2v) is 4.56. The van der Waals surface area contributed by atoms with Gasteiger partial charge in [0, 0.05) is 25.4 Å². The molecule has 0 aliphatic heterocycles. The predicted octanol–water partition coefficient (Wildman–Crippen LogP) is 0.851. The van der Waals surface area contributed by atoms with Crippen LogP contribution in [0.25, 0.3) is 10.9 Å². The van der Waals surface area contributed by atoms with E-state index in [4.69, 9.17) is 5.73 Å². The lowest BCUT2D eigenvalue weighted by Gasteiger charge is -2.09. The van der Waals surface area contributed by atoms with Crippen molar-refractivity contribution in [1.29, 1.82) is 0 Å². The maximum Gasteiger partial charge on any atom is 0.258 e. The molecule has 2 heterocycles. The highest BCUT2D eigenvalue weighted by atomic mass is 16.1. The van der Waals surface area contributed by atoms with Gasteiger partial charge in [-0.25, -0.2) is 4.98 Å². The largest absolute Gasteiger partial charge is 0.397 e. The molecule has 20 heavy (non-hydrogen) atoms. The van der Waals surface area contributed by atoms with Crippen LogP contribution < -0.4 is 16.6 Å². The van der Waals surface area contributed by atoms with Crippen molar-refractivity contribution in [1.82, 2.24) is 19.7 Å². The Morgan fingerprint density at radius 2 is 2.30 bits per heavy atom. The maximum absolute atomic E-state index is 11.6. The number of nitrogens with two attached hydrogens (primary N) is 1. The van der Waals surface area contributed by atoms with Crippen molar-refractivity contribution < 1.29 is 0 Å². The summed E-state index contributed by atoms with van der Waals surface area (Å²) in [6.45, 7) is 0.604. The third-order valence-corrected chi connectivity index (χ3v) is 3.05. The minimum absolute atomic E-state index is 0.194. The van der Waals surface area contributed by atoms with Crippen LogP contribution in [0.5, 0.6) is 0 Å². The van der Waals surface area contributed by atoms with E-state index in [9.17, 15) is 4.79 Å². The second-order valence-electron chi connectivity index (χ2n) is 4.56. The summed E-state index contributed by atoms with van der Waals surface area (Å²) < 4.78 is 1.74. The first-order chi connectivity index (χ1) is 9.63. The van der Waals surface area contributed by atoms with E-state index in [1.807, 2.05) is 13.2 Å². The van der Waals surface area contributed by atoms with Crippen LogP contribution in [0.3, 0.4) is 0 Å². The number of fused-ring (bicyclic) bond motifs is 1. The number of anilines is 2. The lowest BCUT2D eigenvalue weighted by molar-refractivity contribution is 0.767. The van der Waals surface area contributed by atoms with Gasteiger partial charge in [0.15, 0.2) is 0 Å². The van der Waals surface area contributed by atoms with Gasteiger partial charge in [0.25, 0.3) is 5.56 Å². The molecule has 0 aliphatic rings. The molecule has 3 rings (SSSR count). The summed E-state index contributed by atoms with van der Waals surface area (Å²) in [7, 11) is 1.87. The molecule has 0 amide bonds. The number of aromatic amines is 1. The SMILES string of the molecule is Cn1cc(CNc2cc3nc[nH]c(=O)c3cc2N)cn1. The molecule has 0 unspecified atom stereocenters. The van der Waals surface area contributed by atoms with E-state index in [0.29, 0.717) is 23.1 Å². The number of H-pyrrole nitrogens is 1. The minimum Gasteiger partial charge on any atom is -0.397 e. The smallest absolute Gasteiger partial charge is 0.258 e. The van der Waals surface area contributed by atoms with Gasteiger partial charge in [0.1, 0.15) is 0 Å². The Hall–Kier alpha value is -2.83. The van der Waals surface area contributed by atoms with Gasteiger partial charge in [-0.15, -0.1) is 0 Å². The van der Waals surface area contributed by atoms with Gasteiger partial charge in [-0.2, -0.15) is 5.10 Å². The molecule has 2 aromatic heterocycles. The summed E-state index contributed by atoms with van der Waals surface area (Å²) in [4.78, 5) is 18.3. The van der Waals surface area contributed by atoms with Gasteiger partial charge in [0.2, 0.25) is 0 Å². The van der Waals surface area contributed by atoms with E-state index < -0.39 is 0 Å². The summed E-state index contributed by atoms with van der Waals surface area (Å²) >= 11 is 0. The van der Waals surface area contributed by atoms with Crippen molar-refractivity contribution in [3.8, 4) is 0 Å². The summed E-state index contributed by atoms with van der Waals surface area (Å²) in [6, 6.07) is 3.41. The molecular formula is C13H14N6O. The van der Waals surface area contributed by atoms with Crippen molar-refractivity contribution in [2.75, 3.05) is 11.1 Å². The number of nitrogens with zero attached hydrogens (tertiary/aromatic N) is 3. The summed E-state index contributed by atoms with van der Waals surface area (Å²) in [5.41, 5.74) is 8.69. The average Bonchev–Trinajstić information content (AvgIpc) is 2.83. The van der Waals surface area contributed by atoms with Crippen LogP contribution in [0.2, 0.25) is 0 Å². The monoisotopic (exact) mass is 270 g/mol. The van der Waals surface area contributed by atoms with Gasteiger partial charge >= 0.3 is 0 Å². The highest BCUT2D eigenvalue weighted by Gasteiger charge is 2.06. The van der Waals surface area contributed by atoms with Crippen LogP contribution in [0.1, 0.15) is 5.56 Å². The Labute approximate surface area is 114 Å². The number of nitrogens with one attached hydrogen (secondary N) is 2. The molecule has 0 aliphatic carbocycles. The van der Waals surface area contributed by atoms with Gasteiger partial charge in [-0.05, 0) is 12.1 Å². The molecule has 3 aromatic rings.